The monoisotopic (exact) mass is 367 g/mol. The van der Waals surface area contributed by atoms with E-state index in [0.29, 0.717) is 12.5 Å². The first-order valence-electron chi connectivity index (χ1n) is 5.43. The Morgan fingerprint density at radius 3 is 2.82 bits per heavy atom. The van der Waals surface area contributed by atoms with Crippen LogP contribution < -0.4 is 5.73 Å². The summed E-state index contributed by atoms with van der Waals surface area (Å²) >= 11 is 1.96. The number of nitrogens with zero attached hydrogens (tertiary/aromatic N) is 2. The first-order valence-corrected chi connectivity index (χ1v) is 6.58. The summed E-state index contributed by atoms with van der Waals surface area (Å²) in [5, 5.41) is 0. The predicted molar refractivity (Wildman–Crippen MR) is 83.1 cm³/mol. The lowest BCUT2D eigenvalue weighted by molar-refractivity contribution is 0.452. The van der Waals surface area contributed by atoms with Crippen molar-refractivity contribution in [1.29, 1.82) is 0 Å². The third kappa shape index (κ3) is 4.09. The minimum absolute atomic E-state index is 0. The molecule has 0 radical (unpaired) electrons. The standard InChI is InChI=1S/C11H17N3OS.HI/c1-9-2-5-15-10(9)8-13-11(12)14-3-6-16-7-4-14;/h2,5H,3-4,6-8H2,1H3,(H2,12,13);1H. The molecule has 0 amide bonds. The van der Waals surface area contributed by atoms with Crippen molar-refractivity contribution in [2.24, 2.45) is 10.7 Å². The Morgan fingerprint density at radius 1 is 1.53 bits per heavy atom. The normalized spacial score (nSPS) is 16.8. The van der Waals surface area contributed by atoms with Gasteiger partial charge in [-0.2, -0.15) is 11.8 Å². The summed E-state index contributed by atoms with van der Waals surface area (Å²) in [6, 6.07) is 1.94. The Bertz CT molecular complexity index is 375. The summed E-state index contributed by atoms with van der Waals surface area (Å²) in [7, 11) is 0. The molecule has 0 aromatic carbocycles. The van der Waals surface area contributed by atoms with Crippen LogP contribution in [0.3, 0.4) is 0 Å². The zero-order valence-corrected chi connectivity index (χ0v) is 13.0. The van der Waals surface area contributed by atoms with Gasteiger partial charge in [0.25, 0.3) is 0 Å². The van der Waals surface area contributed by atoms with Gasteiger partial charge in [0, 0.05) is 24.6 Å². The molecule has 0 saturated carbocycles. The summed E-state index contributed by atoms with van der Waals surface area (Å²) in [4.78, 5) is 6.50. The molecule has 4 nitrogen and oxygen atoms in total. The highest BCUT2D eigenvalue weighted by atomic mass is 127. The van der Waals surface area contributed by atoms with Gasteiger partial charge in [0.1, 0.15) is 12.3 Å². The average Bonchev–Trinajstić information content (AvgIpc) is 2.73. The van der Waals surface area contributed by atoms with E-state index in [-0.39, 0.29) is 24.0 Å². The Labute approximate surface area is 123 Å². The van der Waals surface area contributed by atoms with E-state index < -0.39 is 0 Å². The van der Waals surface area contributed by atoms with Crippen LogP contribution in [0.5, 0.6) is 0 Å². The molecule has 0 spiro atoms. The second kappa shape index (κ2) is 7.15. The number of hydrogen-bond donors (Lipinski definition) is 1. The zero-order valence-electron chi connectivity index (χ0n) is 9.89. The van der Waals surface area contributed by atoms with Crippen LogP contribution in [0.15, 0.2) is 21.7 Å². The van der Waals surface area contributed by atoms with Gasteiger partial charge in [-0.15, -0.1) is 24.0 Å². The van der Waals surface area contributed by atoms with Crippen molar-refractivity contribution in [2.45, 2.75) is 13.5 Å². The molecule has 0 atom stereocenters. The SMILES string of the molecule is Cc1ccoc1CN=C(N)N1CCSCC1.I. The third-order valence-corrected chi connectivity index (χ3v) is 3.63. The fraction of sp³-hybridized carbons (Fsp3) is 0.545. The summed E-state index contributed by atoms with van der Waals surface area (Å²) in [6.07, 6.45) is 1.69. The molecule has 1 aromatic heterocycles. The van der Waals surface area contributed by atoms with E-state index in [1.807, 2.05) is 24.8 Å². The Hall–Kier alpha value is -0.370. The second-order valence-electron chi connectivity index (χ2n) is 3.80. The number of hydrogen-bond acceptors (Lipinski definition) is 3. The molecule has 96 valence electrons. The topological polar surface area (TPSA) is 54.8 Å². The number of furan rings is 1. The Balaban J connectivity index is 0.00000144. The van der Waals surface area contributed by atoms with Crippen LogP contribution >= 0.6 is 35.7 Å². The first kappa shape index (κ1) is 14.7. The number of rotatable bonds is 2. The van der Waals surface area contributed by atoms with Gasteiger partial charge in [-0.25, -0.2) is 4.99 Å². The maximum atomic E-state index is 5.94. The summed E-state index contributed by atoms with van der Waals surface area (Å²) in [5.74, 6) is 3.80. The summed E-state index contributed by atoms with van der Waals surface area (Å²) in [5.41, 5.74) is 7.07. The summed E-state index contributed by atoms with van der Waals surface area (Å²) < 4.78 is 5.32. The van der Waals surface area contributed by atoms with Crippen molar-refractivity contribution in [1.82, 2.24) is 4.90 Å². The zero-order chi connectivity index (χ0) is 11.4. The molecule has 1 aliphatic rings. The number of guanidine groups is 1. The highest BCUT2D eigenvalue weighted by Gasteiger charge is 2.12. The van der Waals surface area contributed by atoms with E-state index in [0.717, 1.165) is 35.9 Å². The number of aliphatic imine (C=N–C) groups is 1. The van der Waals surface area contributed by atoms with Gasteiger partial charge < -0.3 is 15.1 Å². The van der Waals surface area contributed by atoms with E-state index in [1.54, 1.807) is 6.26 Å². The van der Waals surface area contributed by atoms with E-state index in [4.69, 9.17) is 10.2 Å². The van der Waals surface area contributed by atoms with Crippen molar-refractivity contribution >= 4 is 41.7 Å². The van der Waals surface area contributed by atoms with Crippen LogP contribution in [-0.2, 0) is 6.54 Å². The van der Waals surface area contributed by atoms with Crippen LogP contribution in [0.2, 0.25) is 0 Å². The molecule has 6 heteroatoms. The molecular formula is C11H18IN3OS. The fourth-order valence-electron chi connectivity index (χ4n) is 1.61. The molecule has 1 aliphatic heterocycles. The molecule has 2 rings (SSSR count). The highest BCUT2D eigenvalue weighted by Crippen LogP contribution is 2.11. The van der Waals surface area contributed by atoms with E-state index in [2.05, 4.69) is 9.89 Å². The molecule has 17 heavy (non-hydrogen) atoms. The number of aryl methyl sites for hydroxylation is 1. The van der Waals surface area contributed by atoms with Gasteiger partial charge in [-0.05, 0) is 18.6 Å². The molecule has 1 saturated heterocycles. The molecule has 1 fully saturated rings. The van der Waals surface area contributed by atoms with Crippen LogP contribution in [0.1, 0.15) is 11.3 Å². The van der Waals surface area contributed by atoms with Crippen molar-refractivity contribution < 1.29 is 4.42 Å². The van der Waals surface area contributed by atoms with Crippen molar-refractivity contribution in [3.05, 3.63) is 23.7 Å². The predicted octanol–water partition coefficient (Wildman–Crippen LogP) is 2.07. The van der Waals surface area contributed by atoms with Gasteiger partial charge in [-0.1, -0.05) is 0 Å². The quantitative estimate of drug-likeness (QED) is 0.494. The molecule has 1 aromatic rings. The minimum atomic E-state index is 0. The average molecular weight is 367 g/mol. The van der Waals surface area contributed by atoms with Crippen molar-refractivity contribution in [3.63, 3.8) is 0 Å². The van der Waals surface area contributed by atoms with E-state index in [9.17, 15) is 0 Å². The van der Waals surface area contributed by atoms with Gasteiger partial charge >= 0.3 is 0 Å². The second-order valence-corrected chi connectivity index (χ2v) is 5.03. The Morgan fingerprint density at radius 2 is 2.24 bits per heavy atom. The van der Waals surface area contributed by atoms with Crippen LogP contribution in [0.4, 0.5) is 0 Å². The molecule has 2 heterocycles. The summed E-state index contributed by atoms with van der Waals surface area (Å²) in [6.45, 7) is 4.55. The van der Waals surface area contributed by atoms with Crippen molar-refractivity contribution in [2.75, 3.05) is 24.6 Å². The molecule has 2 N–H and O–H groups in total. The smallest absolute Gasteiger partial charge is 0.191 e. The van der Waals surface area contributed by atoms with Crippen LogP contribution in [0.25, 0.3) is 0 Å². The van der Waals surface area contributed by atoms with Crippen molar-refractivity contribution in [3.8, 4) is 0 Å². The molecule has 0 aliphatic carbocycles. The first-order chi connectivity index (χ1) is 7.77. The van der Waals surface area contributed by atoms with Gasteiger partial charge in [0.05, 0.1) is 6.26 Å². The minimum Gasteiger partial charge on any atom is -0.467 e. The lowest BCUT2D eigenvalue weighted by atomic mass is 10.3. The number of thioether (sulfide) groups is 1. The maximum absolute atomic E-state index is 5.94. The largest absolute Gasteiger partial charge is 0.467 e. The fourth-order valence-corrected chi connectivity index (χ4v) is 2.51. The maximum Gasteiger partial charge on any atom is 0.191 e. The molecule has 0 unspecified atom stereocenters. The van der Waals surface area contributed by atoms with Gasteiger partial charge in [0.2, 0.25) is 0 Å². The molecular weight excluding hydrogens is 349 g/mol. The van der Waals surface area contributed by atoms with Crippen LogP contribution in [0, 0.1) is 6.92 Å². The molecule has 0 bridgehead atoms. The number of halogens is 1. The van der Waals surface area contributed by atoms with Gasteiger partial charge in [0.15, 0.2) is 5.96 Å². The number of nitrogens with two attached hydrogens (primary N) is 1. The van der Waals surface area contributed by atoms with Gasteiger partial charge in [-0.3, -0.25) is 0 Å². The third-order valence-electron chi connectivity index (χ3n) is 2.69. The Kier molecular flexibility index (Phi) is 6.18. The van der Waals surface area contributed by atoms with Crippen LogP contribution in [-0.4, -0.2) is 35.5 Å². The highest BCUT2D eigenvalue weighted by molar-refractivity contribution is 14.0. The lowest BCUT2D eigenvalue weighted by Gasteiger charge is -2.27. The van der Waals surface area contributed by atoms with E-state index >= 15 is 0 Å². The lowest BCUT2D eigenvalue weighted by Crippen LogP contribution is -2.42. The van der Waals surface area contributed by atoms with E-state index in [1.165, 1.54) is 0 Å².